The smallest absolute Gasteiger partial charge is 0.0177 e. The lowest BCUT2D eigenvalue weighted by Gasteiger charge is -2.32. The first-order chi connectivity index (χ1) is 7.81. The number of rotatable bonds is 5. The van der Waals surface area contributed by atoms with Crippen molar-refractivity contribution in [1.29, 1.82) is 0 Å². The lowest BCUT2D eigenvalue weighted by atomic mass is 9.73. The molecular formula is C16H26. The SMILES string of the molecule is C=CCCCCC1CCC2C(=C)CCC2C1. The van der Waals surface area contributed by atoms with Gasteiger partial charge in [0, 0.05) is 0 Å². The summed E-state index contributed by atoms with van der Waals surface area (Å²) in [6, 6.07) is 0. The standard InChI is InChI=1S/C16H26/c1-3-4-5-6-7-14-9-11-16-13(2)8-10-15(16)12-14/h3,14-16H,1-2,4-12H2. The molecule has 0 radical (unpaired) electrons. The van der Waals surface area contributed by atoms with Crippen LogP contribution in [0.15, 0.2) is 24.8 Å². The van der Waals surface area contributed by atoms with Crippen LogP contribution in [0.3, 0.4) is 0 Å². The van der Waals surface area contributed by atoms with E-state index >= 15 is 0 Å². The van der Waals surface area contributed by atoms with Gasteiger partial charge in [0.05, 0.1) is 0 Å². The lowest BCUT2D eigenvalue weighted by Crippen LogP contribution is -2.21. The third-order valence-corrected chi connectivity index (χ3v) is 4.72. The highest BCUT2D eigenvalue weighted by atomic mass is 14.4. The maximum Gasteiger partial charge on any atom is -0.0177 e. The highest BCUT2D eigenvalue weighted by Crippen LogP contribution is 2.47. The number of hydrogen-bond donors (Lipinski definition) is 0. The molecule has 0 spiro atoms. The summed E-state index contributed by atoms with van der Waals surface area (Å²) >= 11 is 0. The first kappa shape index (κ1) is 12.0. The van der Waals surface area contributed by atoms with Crippen molar-refractivity contribution in [2.24, 2.45) is 17.8 Å². The fraction of sp³-hybridized carbons (Fsp3) is 0.750. The second kappa shape index (κ2) is 5.70. The molecule has 16 heavy (non-hydrogen) atoms. The van der Waals surface area contributed by atoms with Crippen molar-refractivity contribution >= 4 is 0 Å². The molecule has 0 bridgehead atoms. The topological polar surface area (TPSA) is 0 Å². The van der Waals surface area contributed by atoms with Crippen molar-refractivity contribution in [3.05, 3.63) is 24.8 Å². The fourth-order valence-electron chi connectivity index (χ4n) is 3.76. The third-order valence-electron chi connectivity index (χ3n) is 4.72. The average Bonchev–Trinajstić information content (AvgIpc) is 2.66. The monoisotopic (exact) mass is 218 g/mol. The van der Waals surface area contributed by atoms with E-state index in [1.54, 1.807) is 5.57 Å². The quantitative estimate of drug-likeness (QED) is 0.444. The highest BCUT2D eigenvalue weighted by Gasteiger charge is 2.35. The van der Waals surface area contributed by atoms with Crippen LogP contribution in [-0.2, 0) is 0 Å². The minimum absolute atomic E-state index is 0.907. The molecule has 0 aromatic rings. The van der Waals surface area contributed by atoms with E-state index in [0.717, 1.165) is 17.8 Å². The van der Waals surface area contributed by atoms with Gasteiger partial charge in [0.2, 0.25) is 0 Å². The summed E-state index contributed by atoms with van der Waals surface area (Å²) in [4.78, 5) is 0. The van der Waals surface area contributed by atoms with Gasteiger partial charge >= 0.3 is 0 Å². The molecular weight excluding hydrogens is 192 g/mol. The summed E-state index contributed by atoms with van der Waals surface area (Å²) in [5, 5.41) is 0. The molecule has 0 heterocycles. The Morgan fingerprint density at radius 2 is 2.06 bits per heavy atom. The van der Waals surface area contributed by atoms with E-state index in [1.165, 1.54) is 57.8 Å². The van der Waals surface area contributed by atoms with Crippen LogP contribution in [0.2, 0.25) is 0 Å². The maximum absolute atomic E-state index is 4.24. The molecule has 2 aliphatic rings. The molecule has 0 nitrogen and oxygen atoms in total. The van der Waals surface area contributed by atoms with Gasteiger partial charge in [-0.1, -0.05) is 31.1 Å². The normalized spacial score (nSPS) is 33.8. The summed E-state index contributed by atoms with van der Waals surface area (Å²) in [5.74, 6) is 2.94. The van der Waals surface area contributed by atoms with Gasteiger partial charge in [-0.2, -0.15) is 0 Å². The van der Waals surface area contributed by atoms with Crippen LogP contribution >= 0.6 is 0 Å². The van der Waals surface area contributed by atoms with Crippen LogP contribution in [0.1, 0.15) is 57.8 Å². The van der Waals surface area contributed by atoms with Crippen molar-refractivity contribution in [3.8, 4) is 0 Å². The summed E-state index contributed by atoms with van der Waals surface area (Å²) < 4.78 is 0. The van der Waals surface area contributed by atoms with Crippen molar-refractivity contribution in [2.75, 3.05) is 0 Å². The molecule has 3 atom stereocenters. The Kier molecular flexibility index (Phi) is 4.26. The predicted molar refractivity (Wildman–Crippen MR) is 71.4 cm³/mol. The first-order valence-electron chi connectivity index (χ1n) is 7.10. The Morgan fingerprint density at radius 1 is 1.19 bits per heavy atom. The molecule has 2 aliphatic carbocycles. The van der Waals surface area contributed by atoms with Gasteiger partial charge in [-0.15, -0.1) is 6.58 Å². The van der Waals surface area contributed by atoms with Crippen molar-refractivity contribution in [3.63, 3.8) is 0 Å². The van der Waals surface area contributed by atoms with E-state index in [1.807, 2.05) is 0 Å². The average molecular weight is 218 g/mol. The second-order valence-corrected chi connectivity index (χ2v) is 5.82. The zero-order chi connectivity index (χ0) is 11.4. The predicted octanol–water partition coefficient (Wildman–Crippen LogP) is 5.12. The third kappa shape index (κ3) is 2.78. The Bertz CT molecular complexity index is 251. The van der Waals surface area contributed by atoms with Crippen LogP contribution in [0, 0.1) is 17.8 Å². The molecule has 0 heteroatoms. The van der Waals surface area contributed by atoms with Crippen LogP contribution in [0.5, 0.6) is 0 Å². The van der Waals surface area contributed by atoms with E-state index in [2.05, 4.69) is 19.2 Å². The Hall–Kier alpha value is -0.520. The molecule has 2 rings (SSSR count). The Labute approximate surface area is 101 Å². The van der Waals surface area contributed by atoms with Crippen LogP contribution in [0.25, 0.3) is 0 Å². The van der Waals surface area contributed by atoms with Gasteiger partial charge in [-0.3, -0.25) is 0 Å². The molecule has 0 aromatic heterocycles. The molecule has 2 fully saturated rings. The minimum Gasteiger partial charge on any atom is -0.103 e. The van der Waals surface area contributed by atoms with E-state index in [-0.39, 0.29) is 0 Å². The lowest BCUT2D eigenvalue weighted by molar-refractivity contribution is 0.214. The Balaban J connectivity index is 1.70. The number of unbranched alkanes of at least 4 members (excludes halogenated alkanes) is 2. The van der Waals surface area contributed by atoms with Crippen molar-refractivity contribution in [2.45, 2.75) is 57.8 Å². The number of hydrogen-bond acceptors (Lipinski definition) is 0. The van der Waals surface area contributed by atoms with E-state index in [0.29, 0.717) is 0 Å². The summed E-state index contributed by atoms with van der Waals surface area (Å²) in [6.45, 7) is 8.03. The summed E-state index contributed by atoms with van der Waals surface area (Å²) in [6.07, 6.45) is 14.6. The zero-order valence-electron chi connectivity index (χ0n) is 10.6. The minimum atomic E-state index is 0.907. The van der Waals surface area contributed by atoms with E-state index < -0.39 is 0 Å². The molecule has 3 unspecified atom stereocenters. The van der Waals surface area contributed by atoms with Crippen molar-refractivity contribution in [1.82, 2.24) is 0 Å². The molecule has 0 aromatic carbocycles. The molecule has 0 saturated heterocycles. The first-order valence-corrected chi connectivity index (χ1v) is 7.10. The van der Waals surface area contributed by atoms with Crippen LogP contribution < -0.4 is 0 Å². The zero-order valence-corrected chi connectivity index (χ0v) is 10.6. The van der Waals surface area contributed by atoms with Gasteiger partial charge in [-0.05, 0) is 62.7 Å². The second-order valence-electron chi connectivity index (χ2n) is 5.82. The van der Waals surface area contributed by atoms with Gasteiger partial charge in [0.15, 0.2) is 0 Å². The Morgan fingerprint density at radius 3 is 2.88 bits per heavy atom. The molecule has 0 N–H and O–H groups in total. The summed E-state index contributed by atoms with van der Waals surface area (Å²) in [5.41, 5.74) is 1.56. The van der Waals surface area contributed by atoms with Crippen molar-refractivity contribution < 1.29 is 0 Å². The summed E-state index contributed by atoms with van der Waals surface area (Å²) in [7, 11) is 0. The number of allylic oxidation sites excluding steroid dienone is 2. The molecule has 90 valence electrons. The number of fused-ring (bicyclic) bond motifs is 1. The maximum atomic E-state index is 4.24. The van der Waals surface area contributed by atoms with Gasteiger partial charge in [-0.25, -0.2) is 0 Å². The van der Waals surface area contributed by atoms with E-state index in [9.17, 15) is 0 Å². The molecule has 0 aliphatic heterocycles. The van der Waals surface area contributed by atoms with Gasteiger partial charge < -0.3 is 0 Å². The fourth-order valence-corrected chi connectivity index (χ4v) is 3.76. The van der Waals surface area contributed by atoms with E-state index in [4.69, 9.17) is 0 Å². The van der Waals surface area contributed by atoms with Gasteiger partial charge in [0.25, 0.3) is 0 Å². The molecule has 2 saturated carbocycles. The molecule has 0 amide bonds. The highest BCUT2D eigenvalue weighted by molar-refractivity contribution is 5.10. The largest absolute Gasteiger partial charge is 0.103 e. The van der Waals surface area contributed by atoms with Crippen LogP contribution in [0.4, 0.5) is 0 Å². The van der Waals surface area contributed by atoms with Gasteiger partial charge in [0.1, 0.15) is 0 Å². The van der Waals surface area contributed by atoms with Crippen LogP contribution in [-0.4, -0.2) is 0 Å².